The highest BCUT2D eigenvalue weighted by atomic mass is 16.5. The molecule has 0 saturated heterocycles. The van der Waals surface area contributed by atoms with E-state index in [4.69, 9.17) is 9.47 Å². The second-order valence-electron chi connectivity index (χ2n) is 5.40. The van der Waals surface area contributed by atoms with Crippen molar-refractivity contribution in [3.05, 3.63) is 59.7 Å². The number of nitrogens with zero attached hydrogens (tertiary/aromatic N) is 2. The normalized spacial score (nSPS) is 12.1. The Balaban J connectivity index is 1.96. The summed E-state index contributed by atoms with van der Waals surface area (Å²) in [4.78, 5) is 0. The van der Waals surface area contributed by atoms with Gasteiger partial charge in [0.2, 0.25) is 0 Å². The first-order valence-corrected chi connectivity index (χ1v) is 7.92. The zero-order valence-electron chi connectivity index (χ0n) is 14.3. The van der Waals surface area contributed by atoms with Crippen molar-refractivity contribution < 1.29 is 19.9 Å². The van der Waals surface area contributed by atoms with Crippen LogP contribution in [-0.2, 0) is 0 Å². The Morgan fingerprint density at radius 1 is 0.720 bits per heavy atom. The molecule has 6 heteroatoms. The van der Waals surface area contributed by atoms with E-state index in [1.807, 2.05) is 48.5 Å². The zero-order chi connectivity index (χ0) is 18.1. The molecule has 0 aliphatic rings. The molecule has 0 radical (unpaired) electrons. The van der Waals surface area contributed by atoms with Crippen molar-refractivity contribution in [2.24, 2.45) is 10.3 Å². The zero-order valence-corrected chi connectivity index (χ0v) is 14.3. The molecule has 0 spiro atoms. The topological polar surface area (TPSA) is 83.6 Å². The molecule has 0 aromatic heterocycles. The summed E-state index contributed by atoms with van der Waals surface area (Å²) in [7, 11) is 3.20. The summed E-state index contributed by atoms with van der Waals surface area (Å²) in [5, 5.41) is 25.3. The van der Waals surface area contributed by atoms with Crippen molar-refractivity contribution in [2.75, 3.05) is 14.2 Å². The molecule has 0 aliphatic heterocycles. The minimum atomic E-state index is 0.554. The molecule has 0 saturated carbocycles. The van der Waals surface area contributed by atoms with Gasteiger partial charge in [-0.1, -0.05) is 10.3 Å². The van der Waals surface area contributed by atoms with Gasteiger partial charge < -0.3 is 19.9 Å². The monoisotopic (exact) mass is 342 g/mol. The van der Waals surface area contributed by atoms with Crippen LogP contribution in [0.3, 0.4) is 0 Å². The van der Waals surface area contributed by atoms with Gasteiger partial charge in [0.05, 0.1) is 25.6 Å². The van der Waals surface area contributed by atoms with Crippen LogP contribution in [-0.4, -0.2) is 36.1 Å². The van der Waals surface area contributed by atoms with E-state index in [2.05, 4.69) is 10.3 Å². The fraction of sp³-hybridized carbons (Fsp3) is 0.263. The fourth-order valence-electron chi connectivity index (χ4n) is 2.49. The lowest BCUT2D eigenvalue weighted by atomic mass is 10.0. The van der Waals surface area contributed by atoms with E-state index in [0.29, 0.717) is 30.7 Å². The quantitative estimate of drug-likeness (QED) is 0.432. The number of oxime groups is 2. The van der Waals surface area contributed by atoms with Gasteiger partial charge in [0.15, 0.2) is 0 Å². The van der Waals surface area contributed by atoms with Crippen molar-refractivity contribution >= 4 is 11.4 Å². The second kappa shape index (κ2) is 9.32. The van der Waals surface area contributed by atoms with Gasteiger partial charge in [-0.25, -0.2) is 0 Å². The lowest BCUT2D eigenvalue weighted by Crippen LogP contribution is -2.05. The van der Waals surface area contributed by atoms with Crippen molar-refractivity contribution in [3.8, 4) is 11.5 Å². The molecule has 25 heavy (non-hydrogen) atoms. The molecule has 0 atom stereocenters. The van der Waals surface area contributed by atoms with Crippen LogP contribution >= 0.6 is 0 Å². The molecule has 2 aromatic rings. The van der Waals surface area contributed by atoms with E-state index in [9.17, 15) is 10.4 Å². The smallest absolute Gasteiger partial charge is 0.118 e. The minimum Gasteiger partial charge on any atom is -0.497 e. The number of methoxy groups -OCH3 is 2. The van der Waals surface area contributed by atoms with Crippen LogP contribution in [0.1, 0.15) is 30.4 Å². The molecule has 0 unspecified atom stereocenters. The van der Waals surface area contributed by atoms with Crippen LogP contribution in [0.15, 0.2) is 58.8 Å². The Labute approximate surface area is 147 Å². The maximum Gasteiger partial charge on any atom is 0.118 e. The molecular weight excluding hydrogens is 320 g/mol. The average molecular weight is 342 g/mol. The van der Waals surface area contributed by atoms with E-state index < -0.39 is 0 Å². The lowest BCUT2D eigenvalue weighted by Gasteiger charge is -2.08. The Hall–Kier alpha value is -3.02. The Kier molecular flexibility index (Phi) is 6.83. The predicted molar refractivity (Wildman–Crippen MR) is 96.5 cm³/mol. The molecule has 0 fully saturated rings. The van der Waals surface area contributed by atoms with Crippen molar-refractivity contribution in [1.82, 2.24) is 0 Å². The third-order valence-corrected chi connectivity index (χ3v) is 3.92. The average Bonchev–Trinajstić information content (AvgIpc) is 2.68. The number of hydrogen-bond acceptors (Lipinski definition) is 6. The molecule has 2 aromatic carbocycles. The maximum atomic E-state index is 9.27. The van der Waals surface area contributed by atoms with Gasteiger partial charge in [-0.3, -0.25) is 0 Å². The summed E-state index contributed by atoms with van der Waals surface area (Å²) in [6.45, 7) is 0. The molecular formula is C19H22N2O4. The first-order valence-electron chi connectivity index (χ1n) is 7.92. The van der Waals surface area contributed by atoms with Crippen LogP contribution < -0.4 is 9.47 Å². The lowest BCUT2D eigenvalue weighted by molar-refractivity contribution is 0.317. The summed E-state index contributed by atoms with van der Waals surface area (Å²) in [5.41, 5.74) is 2.81. The summed E-state index contributed by atoms with van der Waals surface area (Å²) < 4.78 is 10.2. The van der Waals surface area contributed by atoms with E-state index >= 15 is 0 Å². The summed E-state index contributed by atoms with van der Waals surface area (Å²) in [5.74, 6) is 1.49. The van der Waals surface area contributed by atoms with Gasteiger partial charge in [-0.05, 0) is 78.9 Å². The highest BCUT2D eigenvalue weighted by molar-refractivity contribution is 6.02. The van der Waals surface area contributed by atoms with E-state index in [1.54, 1.807) is 14.2 Å². The first-order chi connectivity index (χ1) is 12.2. The maximum absolute atomic E-state index is 9.27. The number of hydrogen-bond donors (Lipinski definition) is 2. The number of rotatable bonds is 8. The van der Waals surface area contributed by atoms with Gasteiger partial charge in [0.25, 0.3) is 0 Å². The van der Waals surface area contributed by atoms with Gasteiger partial charge in [0, 0.05) is 0 Å². The van der Waals surface area contributed by atoms with Gasteiger partial charge in [-0.15, -0.1) is 0 Å². The third kappa shape index (κ3) is 4.97. The summed E-state index contributed by atoms with van der Waals surface area (Å²) >= 11 is 0. The molecule has 132 valence electrons. The van der Waals surface area contributed by atoms with Crippen LogP contribution in [0.5, 0.6) is 11.5 Å². The van der Waals surface area contributed by atoms with Crippen LogP contribution in [0.2, 0.25) is 0 Å². The van der Waals surface area contributed by atoms with Crippen LogP contribution in [0.4, 0.5) is 0 Å². The van der Waals surface area contributed by atoms with Crippen molar-refractivity contribution in [1.29, 1.82) is 0 Å². The predicted octanol–water partition coefficient (Wildman–Crippen LogP) is 3.93. The molecule has 0 amide bonds. The van der Waals surface area contributed by atoms with Crippen LogP contribution in [0, 0.1) is 0 Å². The highest BCUT2D eigenvalue weighted by Gasteiger charge is 2.09. The molecule has 6 nitrogen and oxygen atoms in total. The number of benzene rings is 2. The SMILES string of the molecule is COc1ccc(C(CCCC(=NO)c2ccc(OC)cc2)=NO)cc1. The molecule has 0 bridgehead atoms. The molecule has 2 N–H and O–H groups in total. The van der Waals surface area contributed by atoms with E-state index in [0.717, 1.165) is 22.6 Å². The summed E-state index contributed by atoms with van der Waals surface area (Å²) in [6, 6.07) is 14.7. The largest absolute Gasteiger partial charge is 0.497 e. The van der Waals surface area contributed by atoms with E-state index in [-0.39, 0.29) is 0 Å². The van der Waals surface area contributed by atoms with Crippen molar-refractivity contribution in [3.63, 3.8) is 0 Å². The standard InChI is InChI=1S/C19H22N2O4/c1-24-16-10-6-14(7-11-16)18(20-22)4-3-5-19(21-23)15-8-12-17(25-2)13-9-15/h6-13,22-23H,3-5H2,1-2H3. The Morgan fingerprint density at radius 2 is 1.08 bits per heavy atom. The first kappa shape index (κ1) is 18.3. The molecule has 2 rings (SSSR count). The third-order valence-electron chi connectivity index (χ3n) is 3.92. The Bertz CT molecular complexity index is 659. The summed E-state index contributed by atoms with van der Waals surface area (Å²) in [6.07, 6.45) is 1.78. The molecule has 0 heterocycles. The Morgan fingerprint density at radius 3 is 1.36 bits per heavy atom. The number of ether oxygens (including phenoxy) is 2. The minimum absolute atomic E-state index is 0.554. The molecule has 0 aliphatic carbocycles. The second-order valence-corrected chi connectivity index (χ2v) is 5.40. The van der Waals surface area contributed by atoms with E-state index in [1.165, 1.54) is 0 Å². The van der Waals surface area contributed by atoms with Gasteiger partial charge in [-0.2, -0.15) is 0 Å². The van der Waals surface area contributed by atoms with Gasteiger partial charge >= 0.3 is 0 Å². The highest BCUT2D eigenvalue weighted by Crippen LogP contribution is 2.17. The van der Waals surface area contributed by atoms with Crippen LogP contribution in [0.25, 0.3) is 0 Å². The van der Waals surface area contributed by atoms with Crippen molar-refractivity contribution in [2.45, 2.75) is 19.3 Å². The fourth-order valence-corrected chi connectivity index (χ4v) is 2.49. The van der Waals surface area contributed by atoms with Gasteiger partial charge in [0.1, 0.15) is 11.5 Å².